The molecule has 14 heavy (non-hydrogen) atoms. The number of aliphatic carboxylic acids is 1. The van der Waals surface area contributed by atoms with Gasteiger partial charge in [0, 0.05) is 7.11 Å². The Morgan fingerprint density at radius 3 is 2.14 bits per heavy atom. The van der Waals surface area contributed by atoms with Crippen LogP contribution in [0.4, 0.5) is 0 Å². The molecule has 0 spiro atoms. The van der Waals surface area contributed by atoms with E-state index in [2.05, 4.69) is 4.74 Å². The van der Waals surface area contributed by atoms with Crippen LogP contribution >= 0.6 is 0 Å². The third kappa shape index (κ3) is 3.20. The highest BCUT2D eigenvalue weighted by atomic mass is 16.5. The van der Waals surface area contributed by atoms with Crippen molar-refractivity contribution in [3.05, 3.63) is 0 Å². The summed E-state index contributed by atoms with van der Waals surface area (Å²) in [4.78, 5) is 10.3. The summed E-state index contributed by atoms with van der Waals surface area (Å²) < 4.78 is 4.55. The molecule has 0 amide bonds. The minimum absolute atomic E-state index is 0.706. The molecule has 0 heterocycles. The lowest BCUT2D eigenvalue weighted by atomic mass is 10.0. The molecule has 0 radical (unpaired) electrons. The summed E-state index contributed by atoms with van der Waals surface area (Å²) in [5.41, 5.74) is 0. The second-order valence-corrected chi connectivity index (χ2v) is 2.72. The summed E-state index contributed by atoms with van der Waals surface area (Å²) in [7, 11) is 1.11. The number of aliphatic hydroxyl groups is 4. The van der Waals surface area contributed by atoms with Gasteiger partial charge in [-0.3, -0.25) is 0 Å². The summed E-state index contributed by atoms with van der Waals surface area (Å²) >= 11 is 0. The van der Waals surface area contributed by atoms with E-state index in [1.165, 1.54) is 0 Å². The smallest absolute Gasteiger partial charge is 0.335 e. The average Bonchev–Trinajstić information content (AvgIpc) is 2.16. The number of hydrogen-bond acceptors (Lipinski definition) is 6. The predicted molar refractivity (Wildman–Crippen MR) is 43.5 cm³/mol. The maximum Gasteiger partial charge on any atom is 0.335 e. The van der Waals surface area contributed by atoms with Gasteiger partial charge in [0.1, 0.15) is 18.3 Å². The van der Waals surface area contributed by atoms with E-state index in [-0.39, 0.29) is 0 Å². The molecule has 0 rings (SSSR count). The van der Waals surface area contributed by atoms with E-state index in [4.69, 9.17) is 20.4 Å². The van der Waals surface area contributed by atoms with Gasteiger partial charge in [-0.15, -0.1) is 0 Å². The molecule has 0 aromatic heterocycles. The normalized spacial score (nSPS) is 19.8. The molecule has 0 aliphatic heterocycles. The van der Waals surface area contributed by atoms with E-state index in [9.17, 15) is 9.90 Å². The van der Waals surface area contributed by atoms with Crippen molar-refractivity contribution in [1.29, 1.82) is 0 Å². The molecule has 0 saturated carbocycles. The Balaban J connectivity index is 4.44. The third-order valence-electron chi connectivity index (χ3n) is 1.75. The number of carboxylic acids is 1. The van der Waals surface area contributed by atoms with Crippen LogP contribution in [-0.2, 0) is 9.53 Å². The molecule has 0 fully saturated rings. The number of methoxy groups -OCH3 is 1. The van der Waals surface area contributed by atoms with Gasteiger partial charge in [-0.25, -0.2) is 4.79 Å². The maximum absolute atomic E-state index is 10.3. The highest BCUT2D eigenvalue weighted by molar-refractivity contribution is 5.72. The minimum Gasteiger partial charge on any atom is -0.479 e. The van der Waals surface area contributed by atoms with Crippen LogP contribution in [0.5, 0.6) is 0 Å². The van der Waals surface area contributed by atoms with Gasteiger partial charge in [-0.1, -0.05) is 0 Å². The molecule has 7 heteroatoms. The van der Waals surface area contributed by atoms with E-state index in [0.717, 1.165) is 7.11 Å². The molecule has 7 nitrogen and oxygen atoms in total. The van der Waals surface area contributed by atoms with Gasteiger partial charge in [0.2, 0.25) is 0 Å². The molecule has 0 aliphatic rings. The quantitative estimate of drug-likeness (QED) is 0.319. The van der Waals surface area contributed by atoms with Gasteiger partial charge < -0.3 is 30.3 Å². The molecule has 0 saturated heterocycles. The number of ether oxygens (including phenoxy) is 1. The van der Waals surface area contributed by atoms with Crippen LogP contribution in [0.15, 0.2) is 0 Å². The molecular formula is C7H14O7. The Morgan fingerprint density at radius 1 is 1.36 bits per heavy atom. The molecule has 5 N–H and O–H groups in total. The van der Waals surface area contributed by atoms with Crippen LogP contribution in [0.2, 0.25) is 0 Å². The zero-order valence-electron chi connectivity index (χ0n) is 7.57. The van der Waals surface area contributed by atoms with Crippen LogP contribution in [0.25, 0.3) is 0 Å². The van der Waals surface area contributed by atoms with E-state index < -0.39 is 37.0 Å². The standard InChI is InChI=1S/C7H14O7/c1-14-6(3(9)2-8)4(10)5(11)7(12)13/h3-6,8-11H,2H2,1H3,(H,12,13). The Kier molecular flexibility index (Phi) is 5.58. The van der Waals surface area contributed by atoms with E-state index >= 15 is 0 Å². The van der Waals surface area contributed by atoms with Crippen molar-refractivity contribution >= 4 is 5.97 Å². The van der Waals surface area contributed by atoms with Crippen LogP contribution < -0.4 is 0 Å². The van der Waals surface area contributed by atoms with E-state index in [0.29, 0.717) is 0 Å². The fourth-order valence-corrected chi connectivity index (χ4v) is 0.954. The SMILES string of the molecule is COC(C(O)CO)C(O)C(O)C(=O)O. The summed E-state index contributed by atoms with van der Waals surface area (Å²) in [6.45, 7) is -0.706. The van der Waals surface area contributed by atoms with Gasteiger partial charge in [0.25, 0.3) is 0 Å². The summed E-state index contributed by atoms with van der Waals surface area (Å²) in [5.74, 6) is -1.63. The van der Waals surface area contributed by atoms with E-state index in [1.807, 2.05) is 0 Å². The fourth-order valence-electron chi connectivity index (χ4n) is 0.954. The van der Waals surface area contributed by atoms with Crippen LogP contribution in [0.1, 0.15) is 0 Å². The lowest BCUT2D eigenvalue weighted by Gasteiger charge is -2.26. The Labute approximate surface area is 80.2 Å². The number of rotatable bonds is 6. The number of aliphatic hydroxyl groups excluding tert-OH is 4. The van der Waals surface area contributed by atoms with Crippen molar-refractivity contribution in [3.8, 4) is 0 Å². The zero-order chi connectivity index (χ0) is 11.3. The first-order valence-electron chi connectivity index (χ1n) is 3.86. The molecule has 0 aromatic carbocycles. The first-order valence-corrected chi connectivity index (χ1v) is 3.86. The molecule has 4 unspecified atom stereocenters. The molecule has 0 aliphatic carbocycles. The lowest BCUT2D eigenvalue weighted by molar-refractivity contribution is -0.167. The monoisotopic (exact) mass is 210 g/mol. The fraction of sp³-hybridized carbons (Fsp3) is 0.857. The minimum atomic E-state index is -2.07. The Bertz CT molecular complexity index is 183. The second-order valence-electron chi connectivity index (χ2n) is 2.72. The van der Waals surface area contributed by atoms with Crippen molar-refractivity contribution < 1.29 is 35.1 Å². The number of hydrogen-bond donors (Lipinski definition) is 5. The van der Waals surface area contributed by atoms with Crippen molar-refractivity contribution in [2.75, 3.05) is 13.7 Å². The molecule has 84 valence electrons. The average molecular weight is 210 g/mol. The maximum atomic E-state index is 10.3. The van der Waals surface area contributed by atoms with E-state index in [1.54, 1.807) is 0 Å². The van der Waals surface area contributed by atoms with Crippen molar-refractivity contribution in [2.24, 2.45) is 0 Å². The zero-order valence-corrected chi connectivity index (χ0v) is 7.57. The summed E-state index contributed by atoms with van der Waals surface area (Å²) in [6.07, 6.45) is -6.68. The summed E-state index contributed by atoms with van der Waals surface area (Å²) in [5, 5.41) is 44.1. The largest absolute Gasteiger partial charge is 0.479 e. The number of carboxylic acid groups (broad SMARTS) is 1. The van der Waals surface area contributed by atoms with Gasteiger partial charge in [-0.2, -0.15) is 0 Å². The molecular weight excluding hydrogens is 196 g/mol. The second kappa shape index (κ2) is 5.89. The van der Waals surface area contributed by atoms with Gasteiger partial charge in [0.15, 0.2) is 6.10 Å². The van der Waals surface area contributed by atoms with Crippen LogP contribution in [0.3, 0.4) is 0 Å². The van der Waals surface area contributed by atoms with Crippen molar-refractivity contribution in [3.63, 3.8) is 0 Å². The topological polar surface area (TPSA) is 127 Å². The Hall–Kier alpha value is -0.730. The summed E-state index contributed by atoms with van der Waals surface area (Å²) in [6, 6.07) is 0. The number of carbonyl (C=O) groups is 1. The van der Waals surface area contributed by atoms with Crippen molar-refractivity contribution in [2.45, 2.75) is 24.4 Å². The predicted octanol–water partition coefficient (Wildman–Crippen LogP) is -2.84. The third-order valence-corrected chi connectivity index (χ3v) is 1.75. The van der Waals surface area contributed by atoms with Gasteiger partial charge in [0.05, 0.1) is 6.61 Å². The molecule has 4 atom stereocenters. The highest BCUT2D eigenvalue weighted by Crippen LogP contribution is 2.08. The molecule has 0 aromatic rings. The first-order chi connectivity index (χ1) is 6.45. The van der Waals surface area contributed by atoms with Gasteiger partial charge >= 0.3 is 5.97 Å². The Morgan fingerprint density at radius 2 is 1.86 bits per heavy atom. The van der Waals surface area contributed by atoms with Gasteiger partial charge in [-0.05, 0) is 0 Å². The lowest BCUT2D eigenvalue weighted by Crippen LogP contribution is -2.49. The first kappa shape index (κ1) is 13.3. The van der Waals surface area contributed by atoms with Crippen LogP contribution in [0, 0.1) is 0 Å². The van der Waals surface area contributed by atoms with Crippen molar-refractivity contribution in [1.82, 2.24) is 0 Å². The molecule has 0 bridgehead atoms. The highest BCUT2D eigenvalue weighted by Gasteiger charge is 2.35. The van der Waals surface area contributed by atoms with Crippen LogP contribution in [-0.4, -0.2) is 69.6 Å².